The fourth-order valence-corrected chi connectivity index (χ4v) is 3.21. The summed E-state index contributed by atoms with van der Waals surface area (Å²) in [5.41, 5.74) is 3.26. The molecule has 0 radical (unpaired) electrons. The Balaban J connectivity index is 1.50. The summed E-state index contributed by atoms with van der Waals surface area (Å²) in [5, 5.41) is 2.91. The number of rotatable bonds is 7. The maximum Gasteiger partial charge on any atom is 0.234 e. The quantitative estimate of drug-likeness (QED) is 0.507. The Morgan fingerprint density at radius 1 is 0.889 bits per heavy atom. The molecule has 3 nitrogen and oxygen atoms in total. The molecule has 27 heavy (non-hydrogen) atoms. The number of amides is 1. The van der Waals surface area contributed by atoms with Crippen LogP contribution in [0.15, 0.2) is 77.7 Å². The zero-order valence-electron chi connectivity index (χ0n) is 15.6. The number of benzene rings is 3. The SMILES string of the molecule is CCc1ccc(Oc2ccc(NC(=O)CSc3ccc(C)cc3)cc2)cc1. The van der Waals surface area contributed by atoms with Gasteiger partial charge in [-0.3, -0.25) is 4.79 Å². The van der Waals surface area contributed by atoms with Crippen LogP contribution in [0, 0.1) is 6.92 Å². The molecule has 1 amide bonds. The molecule has 0 atom stereocenters. The molecule has 0 bridgehead atoms. The summed E-state index contributed by atoms with van der Waals surface area (Å²) < 4.78 is 5.84. The van der Waals surface area contributed by atoms with Crippen molar-refractivity contribution in [2.45, 2.75) is 25.2 Å². The maximum atomic E-state index is 12.1. The molecule has 0 saturated carbocycles. The van der Waals surface area contributed by atoms with Crippen LogP contribution < -0.4 is 10.1 Å². The largest absolute Gasteiger partial charge is 0.457 e. The summed E-state index contributed by atoms with van der Waals surface area (Å²) in [6.45, 7) is 4.18. The highest BCUT2D eigenvalue weighted by Gasteiger charge is 2.05. The third kappa shape index (κ3) is 5.90. The second kappa shape index (κ2) is 9.28. The van der Waals surface area contributed by atoms with Crippen molar-refractivity contribution in [3.63, 3.8) is 0 Å². The van der Waals surface area contributed by atoms with Crippen molar-refractivity contribution < 1.29 is 9.53 Å². The van der Waals surface area contributed by atoms with E-state index in [9.17, 15) is 4.79 Å². The molecule has 0 heterocycles. The van der Waals surface area contributed by atoms with Crippen molar-refractivity contribution in [1.29, 1.82) is 0 Å². The van der Waals surface area contributed by atoms with E-state index in [0.717, 1.165) is 28.5 Å². The highest BCUT2D eigenvalue weighted by Crippen LogP contribution is 2.24. The Bertz CT molecular complexity index is 872. The van der Waals surface area contributed by atoms with Gasteiger partial charge in [0.15, 0.2) is 0 Å². The van der Waals surface area contributed by atoms with Crippen LogP contribution in [-0.4, -0.2) is 11.7 Å². The summed E-state index contributed by atoms with van der Waals surface area (Å²) in [5.74, 6) is 1.90. The lowest BCUT2D eigenvalue weighted by atomic mass is 10.2. The lowest BCUT2D eigenvalue weighted by Gasteiger charge is -2.09. The van der Waals surface area contributed by atoms with E-state index in [1.165, 1.54) is 22.9 Å². The lowest BCUT2D eigenvalue weighted by Crippen LogP contribution is -2.13. The highest BCUT2D eigenvalue weighted by atomic mass is 32.2. The van der Waals surface area contributed by atoms with E-state index in [2.05, 4.69) is 43.4 Å². The molecule has 0 unspecified atom stereocenters. The predicted octanol–water partition coefficient (Wildman–Crippen LogP) is 6.08. The molecule has 138 valence electrons. The minimum absolute atomic E-state index is 0.0237. The van der Waals surface area contributed by atoms with Crippen molar-refractivity contribution >= 4 is 23.4 Å². The van der Waals surface area contributed by atoms with Crippen LogP contribution in [0.1, 0.15) is 18.1 Å². The first-order valence-corrected chi connectivity index (χ1v) is 9.97. The summed E-state index contributed by atoms with van der Waals surface area (Å²) in [6, 6.07) is 23.7. The molecule has 0 aliphatic carbocycles. The number of hydrogen-bond acceptors (Lipinski definition) is 3. The summed E-state index contributed by atoms with van der Waals surface area (Å²) in [7, 11) is 0. The molecule has 3 aromatic rings. The van der Waals surface area contributed by atoms with Gasteiger partial charge in [-0.2, -0.15) is 0 Å². The number of aryl methyl sites for hydroxylation is 2. The molecule has 0 fully saturated rings. The third-order valence-electron chi connectivity index (χ3n) is 4.10. The molecule has 3 rings (SSSR count). The molecule has 3 aromatic carbocycles. The van der Waals surface area contributed by atoms with E-state index >= 15 is 0 Å². The van der Waals surface area contributed by atoms with Gasteiger partial charge in [-0.1, -0.05) is 36.8 Å². The van der Waals surface area contributed by atoms with Crippen molar-refractivity contribution in [3.8, 4) is 11.5 Å². The van der Waals surface area contributed by atoms with E-state index in [1.54, 1.807) is 0 Å². The summed E-state index contributed by atoms with van der Waals surface area (Å²) in [4.78, 5) is 13.2. The smallest absolute Gasteiger partial charge is 0.234 e. The average Bonchev–Trinajstić information content (AvgIpc) is 2.70. The number of carbonyl (C=O) groups is 1. The molecule has 0 aliphatic rings. The van der Waals surface area contributed by atoms with Gasteiger partial charge in [0.25, 0.3) is 0 Å². The molecular formula is C23H23NO2S. The number of anilines is 1. The van der Waals surface area contributed by atoms with E-state index in [4.69, 9.17) is 4.74 Å². The van der Waals surface area contributed by atoms with Gasteiger partial charge in [-0.25, -0.2) is 0 Å². The van der Waals surface area contributed by atoms with Crippen LogP contribution in [0.2, 0.25) is 0 Å². The van der Waals surface area contributed by atoms with E-state index in [-0.39, 0.29) is 5.91 Å². The van der Waals surface area contributed by atoms with Gasteiger partial charge in [0.2, 0.25) is 5.91 Å². The van der Waals surface area contributed by atoms with Gasteiger partial charge in [0.05, 0.1) is 5.75 Å². The number of thioether (sulfide) groups is 1. The molecule has 0 aromatic heterocycles. The van der Waals surface area contributed by atoms with Crippen LogP contribution in [0.4, 0.5) is 5.69 Å². The number of hydrogen-bond donors (Lipinski definition) is 1. The second-order valence-corrected chi connectivity index (χ2v) is 7.32. The maximum absolute atomic E-state index is 12.1. The Labute approximate surface area is 164 Å². The van der Waals surface area contributed by atoms with Gasteiger partial charge >= 0.3 is 0 Å². The Morgan fingerprint density at radius 2 is 1.48 bits per heavy atom. The topological polar surface area (TPSA) is 38.3 Å². The highest BCUT2D eigenvalue weighted by molar-refractivity contribution is 8.00. The first-order valence-electron chi connectivity index (χ1n) is 8.98. The molecule has 0 aliphatic heterocycles. The molecule has 1 N–H and O–H groups in total. The standard InChI is InChI=1S/C23H23NO2S/c1-3-18-6-10-20(11-7-18)26-21-12-8-19(9-13-21)24-23(25)16-27-22-14-4-17(2)5-15-22/h4-15H,3,16H2,1-2H3,(H,24,25). The fourth-order valence-electron chi connectivity index (χ4n) is 2.52. The van der Waals surface area contributed by atoms with Crippen molar-refractivity contribution in [1.82, 2.24) is 0 Å². The zero-order valence-corrected chi connectivity index (χ0v) is 16.4. The molecule has 4 heteroatoms. The predicted molar refractivity (Wildman–Crippen MR) is 113 cm³/mol. The van der Waals surface area contributed by atoms with Crippen molar-refractivity contribution in [2.24, 2.45) is 0 Å². The number of ether oxygens (including phenoxy) is 1. The van der Waals surface area contributed by atoms with Crippen LogP contribution in [-0.2, 0) is 11.2 Å². The minimum Gasteiger partial charge on any atom is -0.457 e. The average molecular weight is 378 g/mol. The van der Waals surface area contributed by atoms with Gasteiger partial charge < -0.3 is 10.1 Å². The number of nitrogens with one attached hydrogen (secondary N) is 1. The minimum atomic E-state index is -0.0237. The van der Waals surface area contributed by atoms with E-state index in [0.29, 0.717) is 5.75 Å². The molecular weight excluding hydrogens is 354 g/mol. The van der Waals surface area contributed by atoms with Gasteiger partial charge in [-0.15, -0.1) is 11.8 Å². The molecule has 0 spiro atoms. The van der Waals surface area contributed by atoms with Gasteiger partial charge in [-0.05, 0) is 67.4 Å². The normalized spacial score (nSPS) is 10.4. The zero-order chi connectivity index (χ0) is 19.1. The monoisotopic (exact) mass is 377 g/mol. The Kier molecular flexibility index (Phi) is 6.55. The van der Waals surface area contributed by atoms with Gasteiger partial charge in [0, 0.05) is 10.6 Å². The van der Waals surface area contributed by atoms with Crippen molar-refractivity contribution in [3.05, 3.63) is 83.9 Å². The fraction of sp³-hybridized carbons (Fsp3) is 0.174. The van der Waals surface area contributed by atoms with Crippen LogP contribution in [0.3, 0.4) is 0 Å². The second-order valence-electron chi connectivity index (χ2n) is 6.27. The first-order chi connectivity index (χ1) is 13.1. The van der Waals surface area contributed by atoms with Crippen LogP contribution >= 0.6 is 11.8 Å². The van der Waals surface area contributed by atoms with E-state index in [1.807, 2.05) is 48.5 Å². The van der Waals surface area contributed by atoms with Crippen molar-refractivity contribution in [2.75, 3.05) is 11.1 Å². The Hall–Kier alpha value is -2.72. The Morgan fingerprint density at radius 3 is 2.07 bits per heavy atom. The van der Waals surface area contributed by atoms with E-state index < -0.39 is 0 Å². The summed E-state index contributed by atoms with van der Waals surface area (Å²) in [6.07, 6.45) is 1.01. The molecule has 0 saturated heterocycles. The van der Waals surface area contributed by atoms with Crippen LogP contribution in [0.25, 0.3) is 0 Å². The third-order valence-corrected chi connectivity index (χ3v) is 5.11. The number of carbonyl (C=O) groups excluding carboxylic acids is 1. The lowest BCUT2D eigenvalue weighted by molar-refractivity contribution is -0.113. The first kappa shape index (κ1) is 19.1. The van der Waals surface area contributed by atoms with Gasteiger partial charge in [0.1, 0.15) is 11.5 Å². The summed E-state index contributed by atoms with van der Waals surface area (Å²) >= 11 is 1.53. The van der Waals surface area contributed by atoms with Crippen LogP contribution in [0.5, 0.6) is 11.5 Å².